The summed E-state index contributed by atoms with van der Waals surface area (Å²) in [5.74, 6) is -0.778. The number of aliphatic carboxylic acids is 1. The molecule has 0 saturated carbocycles. The first kappa shape index (κ1) is 14.8. The number of thiophene rings is 1. The van der Waals surface area contributed by atoms with Crippen molar-refractivity contribution in [3.8, 4) is 0 Å². The predicted molar refractivity (Wildman–Crippen MR) is 80.9 cm³/mol. The van der Waals surface area contributed by atoms with Crippen molar-refractivity contribution < 1.29 is 9.90 Å². The van der Waals surface area contributed by atoms with E-state index in [-0.39, 0.29) is 12.5 Å². The van der Waals surface area contributed by atoms with Crippen LogP contribution >= 0.6 is 11.3 Å². The Hall–Kier alpha value is -1.59. The van der Waals surface area contributed by atoms with Crippen LogP contribution < -0.4 is 5.32 Å². The molecule has 0 aliphatic rings. The number of rotatable bonds is 8. The molecule has 0 aliphatic carbocycles. The Morgan fingerprint density at radius 3 is 3.00 bits per heavy atom. The molecule has 1 unspecified atom stereocenters. The van der Waals surface area contributed by atoms with Crippen molar-refractivity contribution in [1.29, 1.82) is 0 Å². The van der Waals surface area contributed by atoms with Gasteiger partial charge in [0, 0.05) is 30.4 Å². The predicted octanol–water partition coefficient (Wildman–Crippen LogP) is 3.27. The van der Waals surface area contributed by atoms with Crippen molar-refractivity contribution in [2.75, 3.05) is 0 Å². The number of carbonyl (C=O) groups is 1. The van der Waals surface area contributed by atoms with Crippen molar-refractivity contribution in [3.05, 3.63) is 46.4 Å². The van der Waals surface area contributed by atoms with E-state index in [9.17, 15) is 4.79 Å². The minimum absolute atomic E-state index is 0.107. The Morgan fingerprint density at radius 1 is 1.50 bits per heavy atom. The highest BCUT2D eigenvalue weighted by Gasteiger charge is 2.16. The number of aromatic nitrogens is 1. The lowest BCUT2D eigenvalue weighted by Crippen LogP contribution is -2.22. The first-order valence-electron chi connectivity index (χ1n) is 6.82. The molecule has 0 bridgehead atoms. The highest BCUT2D eigenvalue weighted by molar-refractivity contribution is 7.10. The molecular formula is C15H20N2O2S. The lowest BCUT2D eigenvalue weighted by molar-refractivity contribution is -0.137. The van der Waals surface area contributed by atoms with Crippen LogP contribution in [0.2, 0.25) is 0 Å². The highest BCUT2D eigenvalue weighted by atomic mass is 32.1. The van der Waals surface area contributed by atoms with Gasteiger partial charge in [0.15, 0.2) is 0 Å². The fourth-order valence-corrected chi connectivity index (χ4v) is 2.97. The van der Waals surface area contributed by atoms with E-state index in [0.717, 1.165) is 17.8 Å². The number of aryl methyl sites for hydroxylation is 1. The molecule has 2 aromatic rings. The van der Waals surface area contributed by atoms with Crippen LogP contribution in [0.15, 0.2) is 36.0 Å². The molecule has 5 heteroatoms. The molecule has 2 N–H and O–H groups in total. The number of nitrogens with one attached hydrogen (secondary N) is 1. The monoisotopic (exact) mass is 292 g/mol. The van der Waals surface area contributed by atoms with Gasteiger partial charge in [-0.3, -0.25) is 4.79 Å². The van der Waals surface area contributed by atoms with Crippen LogP contribution in [0, 0.1) is 0 Å². The van der Waals surface area contributed by atoms with Gasteiger partial charge >= 0.3 is 5.97 Å². The Kier molecular flexibility index (Phi) is 5.38. The molecule has 0 fully saturated rings. The normalized spacial score (nSPS) is 12.4. The topological polar surface area (TPSA) is 54.3 Å². The molecule has 1 atom stereocenters. The zero-order valence-corrected chi connectivity index (χ0v) is 12.4. The highest BCUT2D eigenvalue weighted by Crippen LogP contribution is 2.22. The Labute approximate surface area is 123 Å². The summed E-state index contributed by atoms with van der Waals surface area (Å²) in [7, 11) is 0. The fourth-order valence-electron chi connectivity index (χ4n) is 2.17. The second kappa shape index (κ2) is 7.26. The number of carboxylic acids is 1. The minimum Gasteiger partial charge on any atom is -0.481 e. The molecule has 0 aliphatic heterocycles. The summed E-state index contributed by atoms with van der Waals surface area (Å²) in [6, 6.07) is 5.89. The van der Waals surface area contributed by atoms with E-state index < -0.39 is 5.97 Å². The van der Waals surface area contributed by atoms with Gasteiger partial charge in [-0.15, -0.1) is 11.3 Å². The van der Waals surface area contributed by atoms with Crippen LogP contribution in [0.3, 0.4) is 0 Å². The average molecular weight is 292 g/mol. The van der Waals surface area contributed by atoms with Gasteiger partial charge in [-0.1, -0.05) is 13.0 Å². The summed E-state index contributed by atoms with van der Waals surface area (Å²) in [5, 5.41) is 14.3. The first-order chi connectivity index (χ1) is 9.69. The van der Waals surface area contributed by atoms with Crippen molar-refractivity contribution in [2.45, 2.75) is 38.9 Å². The molecule has 0 spiro atoms. The molecule has 0 aromatic carbocycles. The molecule has 2 heterocycles. The van der Waals surface area contributed by atoms with Crippen LogP contribution in [-0.4, -0.2) is 15.6 Å². The fraction of sp³-hybridized carbons (Fsp3) is 0.400. The maximum atomic E-state index is 11.0. The van der Waals surface area contributed by atoms with Gasteiger partial charge in [0.25, 0.3) is 0 Å². The summed E-state index contributed by atoms with van der Waals surface area (Å²) >= 11 is 1.59. The Bertz CT molecular complexity index is 534. The van der Waals surface area contributed by atoms with Crippen molar-refractivity contribution in [2.24, 2.45) is 0 Å². The molecular weight excluding hydrogens is 272 g/mol. The summed E-state index contributed by atoms with van der Waals surface area (Å²) in [5.41, 5.74) is 1.19. The van der Waals surface area contributed by atoms with Crippen molar-refractivity contribution in [1.82, 2.24) is 9.88 Å². The summed E-state index contributed by atoms with van der Waals surface area (Å²) in [4.78, 5) is 12.0. The van der Waals surface area contributed by atoms with Gasteiger partial charge < -0.3 is 15.0 Å². The molecule has 108 valence electrons. The van der Waals surface area contributed by atoms with Crippen LogP contribution in [0.4, 0.5) is 0 Å². The zero-order valence-electron chi connectivity index (χ0n) is 11.6. The van der Waals surface area contributed by atoms with Gasteiger partial charge in [0.2, 0.25) is 0 Å². The molecule has 2 aromatic heterocycles. The lowest BCUT2D eigenvalue weighted by atomic mass is 10.1. The van der Waals surface area contributed by atoms with E-state index in [2.05, 4.69) is 35.3 Å². The SMILES string of the molecule is CCCn1ccc(CNC(CC(=O)O)c2cccs2)c1. The third-order valence-electron chi connectivity index (χ3n) is 3.11. The number of carboxylic acid groups (broad SMARTS) is 1. The first-order valence-corrected chi connectivity index (χ1v) is 7.70. The van der Waals surface area contributed by atoms with Gasteiger partial charge in [0.05, 0.1) is 12.5 Å². The molecule has 2 rings (SSSR count). The van der Waals surface area contributed by atoms with E-state index in [1.807, 2.05) is 17.5 Å². The van der Waals surface area contributed by atoms with Crippen molar-refractivity contribution >= 4 is 17.3 Å². The van der Waals surface area contributed by atoms with E-state index in [0.29, 0.717) is 6.54 Å². The van der Waals surface area contributed by atoms with E-state index in [1.165, 1.54) is 5.56 Å². The van der Waals surface area contributed by atoms with Gasteiger partial charge in [-0.2, -0.15) is 0 Å². The molecule has 20 heavy (non-hydrogen) atoms. The zero-order chi connectivity index (χ0) is 14.4. The molecule has 0 saturated heterocycles. The van der Waals surface area contributed by atoms with Gasteiger partial charge in [-0.05, 0) is 29.5 Å². The van der Waals surface area contributed by atoms with E-state index in [1.54, 1.807) is 11.3 Å². The second-order valence-electron chi connectivity index (χ2n) is 4.80. The molecule has 0 radical (unpaired) electrons. The van der Waals surface area contributed by atoms with Crippen LogP contribution in [0.5, 0.6) is 0 Å². The van der Waals surface area contributed by atoms with Gasteiger partial charge in [0.1, 0.15) is 0 Å². The quantitative estimate of drug-likeness (QED) is 0.785. The molecule has 4 nitrogen and oxygen atoms in total. The summed E-state index contributed by atoms with van der Waals surface area (Å²) < 4.78 is 2.16. The standard InChI is InChI=1S/C15H20N2O2S/c1-2-6-17-7-5-12(11-17)10-16-13(9-15(18)19)14-4-3-8-20-14/h3-5,7-8,11,13,16H,2,6,9-10H2,1H3,(H,18,19). The van der Waals surface area contributed by atoms with Crippen LogP contribution in [0.25, 0.3) is 0 Å². The van der Waals surface area contributed by atoms with Crippen molar-refractivity contribution in [3.63, 3.8) is 0 Å². The average Bonchev–Trinajstić information content (AvgIpc) is 3.06. The third-order valence-corrected chi connectivity index (χ3v) is 4.10. The maximum absolute atomic E-state index is 11.0. The Balaban J connectivity index is 1.95. The maximum Gasteiger partial charge on any atom is 0.305 e. The third kappa shape index (κ3) is 4.21. The molecule has 0 amide bonds. The smallest absolute Gasteiger partial charge is 0.305 e. The van der Waals surface area contributed by atoms with Gasteiger partial charge in [-0.25, -0.2) is 0 Å². The largest absolute Gasteiger partial charge is 0.481 e. The van der Waals surface area contributed by atoms with E-state index in [4.69, 9.17) is 5.11 Å². The summed E-state index contributed by atoms with van der Waals surface area (Å²) in [6.45, 7) is 3.85. The summed E-state index contributed by atoms with van der Waals surface area (Å²) in [6.07, 6.45) is 5.40. The lowest BCUT2D eigenvalue weighted by Gasteiger charge is -2.14. The number of hydrogen-bond acceptors (Lipinski definition) is 3. The Morgan fingerprint density at radius 2 is 2.35 bits per heavy atom. The van der Waals surface area contributed by atoms with E-state index >= 15 is 0 Å². The number of nitrogens with zero attached hydrogens (tertiary/aromatic N) is 1. The number of hydrogen-bond donors (Lipinski definition) is 2. The second-order valence-corrected chi connectivity index (χ2v) is 5.78. The van der Waals surface area contributed by atoms with Crippen LogP contribution in [0.1, 0.15) is 36.2 Å². The van der Waals surface area contributed by atoms with Crippen LogP contribution in [-0.2, 0) is 17.9 Å². The minimum atomic E-state index is -0.778.